The molecule has 0 spiro atoms. The van der Waals surface area contributed by atoms with Crippen LogP contribution in [0.15, 0.2) is 18.2 Å². The maximum atomic E-state index is 13.5. The number of hydrogen-bond acceptors (Lipinski definition) is 2. The second kappa shape index (κ2) is 8.21. The number of benzene rings is 1. The molecular weight excluding hydrogens is 346 g/mol. The van der Waals surface area contributed by atoms with Gasteiger partial charge in [-0.15, -0.1) is 12.4 Å². The number of piperazine rings is 1. The fourth-order valence-corrected chi connectivity index (χ4v) is 2.63. The van der Waals surface area contributed by atoms with E-state index in [-0.39, 0.29) is 18.0 Å². The van der Waals surface area contributed by atoms with E-state index in [0.29, 0.717) is 32.2 Å². The van der Waals surface area contributed by atoms with Gasteiger partial charge in [-0.25, -0.2) is 13.2 Å². The molecule has 0 amide bonds. The molecular formula is C14H17ClF6N2. The van der Waals surface area contributed by atoms with Gasteiger partial charge in [-0.2, -0.15) is 13.2 Å². The molecule has 0 unspecified atom stereocenters. The number of halogens is 7. The van der Waals surface area contributed by atoms with E-state index in [9.17, 15) is 26.3 Å². The van der Waals surface area contributed by atoms with E-state index in [4.69, 9.17) is 0 Å². The van der Waals surface area contributed by atoms with Gasteiger partial charge in [0, 0.05) is 38.6 Å². The van der Waals surface area contributed by atoms with Crippen LogP contribution in [0.5, 0.6) is 0 Å². The van der Waals surface area contributed by atoms with Crippen molar-refractivity contribution in [3.05, 3.63) is 35.1 Å². The topological polar surface area (TPSA) is 15.3 Å². The molecule has 1 atom stereocenters. The largest absolute Gasteiger partial charge is 0.416 e. The smallest absolute Gasteiger partial charge is 0.314 e. The average molecular weight is 363 g/mol. The predicted molar refractivity (Wildman–Crippen MR) is 76.5 cm³/mol. The summed E-state index contributed by atoms with van der Waals surface area (Å²) in [7, 11) is 0. The van der Waals surface area contributed by atoms with E-state index in [1.54, 1.807) is 4.90 Å². The summed E-state index contributed by atoms with van der Waals surface area (Å²) in [6.07, 6.45) is -8.02. The minimum Gasteiger partial charge on any atom is -0.314 e. The molecule has 0 aromatic heterocycles. The van der Waals surface area contributed by atoms with Crippen LogP contribution in [-0.4, -0.2) is 37.5 Å². The van der Waals surface area contributed by atoms with Gasteiger partial charge < -0.3 is 5.32 Å². The Kier molecular flexibility index (Phi) is 7.16. The molecule has 0 aliphatic carbocycles. The minimum absolute atomic E-state index is 0. The van der Waals surface area contributed by atoms with E-state index in [2.05, 4.69) is 5.32 Å². The molecule has 1 saturated heterocycles. The second-order valence-electron chi connectivity index (χ2n) is 5.20. The molecule has 1 aromatic carbocycles. The Labute approximate surface area is 136 Å². The van der Waals surface area contributed by atoms with Crippen molar-refractivity contribution in [2.75, 3.05) is 26.2 Å². The van der Waals surface area contributed by atoms with Crippen molar-refractivity contribution in [2.24, 2.45) is 0 Å². The molecule has 1 aromatic rings. The minimum atomic E-state index is -4.71. The van der Waals surface area contributed by atoms with Gasteiger partial charge in [0.05, 0.1) is 5.56 Å². The molecule has 1 fully saturated rings. The zero-order chi connectivity index (χ0) is 16.3. The Morgan fingerprint density at radius 3 is 2.22 bits per heavy atom. The number of nitrogens with zero attached hydrogens (tertiary/aromatic N) is 1. The summed E-state index contributed by atoms with van der Waals surface area (Å²) in [5, 5.41) is 3.04. The zero-order valence-electron chi connectivity index (χ0n) is 12.0. The van der Waals surface area contributed by atoms with Crippen molar-refractivity contribution in [1.29, 1.82) is 0 Å². The first-order valence-electron chi connectivity index (χ1n) is 6.88. The third kappa shape index (κ3) is 5.54. The van der Waals surface area contributed by atoms with Gasteiger partial charge in [-0.3, -0.25) is 4.90 Å². The van der Waals surface area contributed by atoms with Crippen LogP contribution in [0.1, 0.15) is 23.6 Å². The number of nitrogens with one attached hydrogen (secondary N) is 1. The van der Waals surface area contributed by atoms with E-state index in [0.717, 1.165) is 12.1 Å². The van der Waals surface area contributed by atoms with Gasteiger partial charge in [0.2, 0.25) is 6.43 Å². The third-order valence-electron chi connectivity index (χ3n) is 3.63. The van der Waals surface area contributed by atoms with Crippen LogP contribution < -0.4 is 5.32 Å². The van der Waals surface area contributed by atoms with Crippen molar-refractivity contribution < 1.29 is 26.3 Å². The summed E-state index contributed by atoms with van der Waals surface area (Å²) in [6, 6.07) is 1.11. The summed E-state index contributed by atoms with van der Waals surface area (Å²) < 4.78 is 77.4. The van der Waals surface area contributed by atoms with E-state index in [1.807, 2.05) is 0 Å². The molecule has 1 aliphatic rings. The summed E-state index contributed by atoms with van der Waals surface area (Å²) in [5.41, 5.74) is -1.22. The Morgan fingerprint density at radius 2 is 1.70 bits per heavy atom. The van der Waals surface area contributed by atoms with Crippen LogP contribution in [0, 0.1) is 5.82 Å². The highest BCUT2D eigenvalue weighted by molar-refractivity contribution is 5.85. The SMILES string of the molecule is Cl.Fc1cc([C@@H](CC(F)F)N2CCNCC2)cc(C(F)(F)F)c1. The molecule has 0 radical (unpaired) electrons. The normalized spacial score (nSPS) is 17.9. The molecule has 9 heteroatoms. The van der Waals surface area contributed by atoms with Crippen LogP contribution in [0.25, 0.3) is 0 Å². The highest BCUT2D eigenvalue weighted by atomic mass is 35.5. The molecule has 0 bridgehead atoms. The summed E-state index contributed by atoms with van der Waals surface area (Å²) in [4.78, 5) is 1.66. The second-order valence-corrected chi connectivity index (χ2v) is 5.20. The maximum absolute atomic E-state index is 13.5. The first-order chi connectivity index (χ1) is 10.3. The van der Waals surface area contributed by atoms with Crippen LogP contribution >= 0.6 is 12.4 Å². The molecule has 23 heavy (non-hydrogen) atoms. The van der Waals surface area contributed by atoms with Crippen LogP contribution in [-0.2, 0) is 6.18 Å². The fourth-order valence-electron chi connectivity index (χ4n) is 2.63. The van der Waals surface area contributed by atoms with Gasteiger partial charge in [-0.05, 0) is 23.8 Å². The average Bonchev–Trinajstić information content (AvgIpc) is 2.44. The van der Waals surface area contributed by atoms with Crippen molar-refractivity contribution in [2.45, 2.75) is 25.1 Å². The summed E-state index contributed by atoms with van der Waals surface area (Å²) in [6.45, 7) is 1.97. The number of hydrogen-bond donors (Lipinski definition) is 1. The number of rotatable bonds is 4. The highest BCUT2D eigenvalue weighted by Gasteiger charge is 2.33. The Balaban J connectivity index is 0.00000264. The van der Waals surface area contributed by atoms with Gasteiger partial charge in [-0.1, -0.05) is 0 Å². The van der Waals surface area contributed by atoms with Gasteiger partial charge in [0.1, 0.15) is 5.82 Å². The monoisotopic (exact) mass is 362 g/mol. The molecule has 2 nitrogen and oxygen atoms in total. The lowest BCUT2D eigenvalue weighted by Gasteiger charge is -2.35. The third-order valence-corrected chi connectivity index (χ3v) is 3.63. The lowest BCUT2D eigenvalue weighted by molar-refractivity contribution is -0.137. The predicted octanol–water partition coefficient (Wildman–Crippen LogP) is 3.87. The molecule has 1 N–H and O–H groups in total. The lowest BCUT2D eigenvalue weighted by atomic mass is 9.98. The van der Waals surface area contributed by atoms with Crippen molar-refractivity contribution in [3.8, 4) is 0 Å². The van der Waals surface area contributed by atoms with Crippen molar-refractivity contribution >= 4 is 12.4 Å². The molecule has 132 valence electrons. The van der Waals surface area contributed by atoms with Crippen LogP contribution in [0.4, 0.5) is 26.3 Å². The first kappa shape index (κ1) is 20.1. The first-order valence-corrected chi connectivity index (χ1v) is 6.88. The zero-order valence-corrected chi connectivity index (χ0v) is 12.9. The lowest BCUT2D eigenvalue weighted by Crippen LogP contribution is -2.45. The molecule has 1 heterocycles. The maximum Gasteiger partial charge on any atom is 0.416 e. The van der Waals surface area contributed by atoms with E-state index < -0.39 is 36.4 Å². The summed E-state index contributed by atoms with van der Waals surface area (Å²) in [5.74, 6) is -1.07. The van der Waals surface area contributed by atoms with Crippen molar-refractivity contribution in [3.63, 3.8) is 0 Å². The molecule has 0 saturated carbocycles. The Morgan fingerprint density at radius 1 is 1.09 bits per heavy atom. The van der Waals surface area contributed by atoms with Gasteiger partial charge in [0.15, 0.2) is 0 Å². The standard InChI is InChI=1S/C14H16F6N2.ClH/c15-11-6-9(5-10(7-11)14(18,19)20)12(8-13(16)17)22-3-1-21-2-4-22;/h5-7,12-13,21H,1-4,8H2;1H/t12-;/m1./s1. The fraction of sp³-hybridized carbons (Fsp3) is 0.571. The summed E-state index contributed by atoms with van der Waals surface area (Å²) >= 11 is 0. The highest BCUT2D eigenvalue weighted by Crippen LogP contribution is 2.34. The van der Waals surface area contributed by atoms with E-state index >= 15 is 0 Å². The molecule has 2 rings (SSSR count). The quantitative estimate of drug-likeness (QED) is 0.818. The van der Waals surface area contributed by atoms with Crippen LogP contribution in [0.2, 0.25) is 0 Å². The van der Waals surface area contributed by atoms with Crippen LogP contribution in [0.3, 0.4) is 0 Å². The van der Waals surface area contributed by atoms with Gasteiger partial charge in [0.25, 0.3) is 0 Å². The van der Waals surface area contributed by atoms with Gasteiger partial charge >= 0.3 is 6.18 Å². The van der Waals surface area contributed by atoms with E-state index in [1.165, 1.54) is 0 Å². The molecule has 1 aliphatic heterocycles. The Bertz CT molecular complexity index is 503. The van der Waals surface area contributed by atoms with Crippen molar-refractivity contribution in [1.82, 2.24) is 10.2 Å². The number of alkyl halides is 5. The Hall–Kier alpha value is -0.990.